The van der Waals surface area contributed by atoms with Crippen molar-refractivity contribution in [3.63, 3.8) is 0 Å². The number of nitrogens with one attached hydrogen (secondary N) is 1. The first-order valence-corrected chi connectivity index (χ1v) is 5.60. The maximum atomic E-state index is 12.8. The van der Waals surface area contributed by atoms with Gasteiger partial charge < -0.3 is 4.98 Å². The maximum absolute atomic E-state index is 12.8. The molecular formula is C12H6ClF6N. The Morgan fingerprint density at radius 2 is 1.40 bits per heavy atom. The van der Waals surface area contributed by atoms with Crippen molar-refractivity contribution in [2.45, 2.75) is 12.4 Å². The quantitative estimate of drug-likeness (QED) is 0.681. The second kappa shape index (κ2) is 4.73. The van der Waals surface area contributed by atoms with Gasteiger partial charge in [-0.25, -0.2) is 0 Å². The van der Waals surface area contributed by atoms with Gasteiger partial charge in [-0.05, 0) is 23.8 Å². The zero-order valence-electron chi connectivity index (χ0n) is 9.53. The van der Waals surface area contributed by atoms with Crippen LogP contribution in [0.2, 0.25) is 5.02 Å². The summed E-state index contributed by atoms with van der Waals surface area (Å²) >= 11 is 5.59. The standard InChI is InChI=1S/C12H6ClF6N/c13-7-3-1-6(2-4-7)10-8(11(14,15)16)5-9(20-10)12(17,18)19/h1-5,20H. The predicted molar refractivity (Wildman–Crippen MR) is 61.2 cm³/mol. The van der Waals surface area contributed by atoms with Crippen molar-refractivity contribution in [1.29, 1.82) is 0 Å². The number of halogens is 7. The summed E-state index contributed by atoms with van der Waals surface area (Å²) in [6, 6.07) is 5.08. The molecule has 1 nitrogen and oxygen atoms in total. The van der Waals surface area contributed by atoms with Crippen molar-refractivity contribution in [3.05, 3.63) is 46.6 Å². The van der Waals surface area contributed by atoms with Crippen LogP contribution in [0.4, 0.5) is 26.3 Å². The molecule has 1 aromatic carbocycles. The Bertz CT molecular complexity index is 608. The third-order valence-corrected chi connectivity index (χ3v) is 2.81. The topological polar surface area (TPSA) is 15.8 Å². The van der Waals surface area contributed by atoms with E-state index in [4.69, 9.17) is 11.6 Å². The molecule has 0 atom stereocenters. The van der Waals surface area contributed by atoms with Gasteiger partial charge >= 0.3 is 12.4 Å². The van der Waals surface area contributed by atoms with Crippen molar-refractivity contribution in [2.75, 3.05) is 0 Å². The van der Waals surface area contributed by atoms with Crippen LogP contribution < -0.4 is 0 Å². The Hall–Kier alpha value is -1.63. The summed E-state index contributed by atoms with van der Waals surface area (Å²) < 4.78 is 76.0. The summed E-state index contributed by atoms with van der Waals surface area (Å²) in [5.41, 5.74) is -3.49. The van der Waals surface area contributed by atoms with Gasteiger partial charge in [0, 0.05) is 5.02 Å². The van der Waals surface area contributed by atoms with Crippen molar-refractivity contribution >= 4 is 11.6 Å². The molecule has 0 unspecified atom stereocenters. The Kier molecular flexibility index (Phi) is 3.49. The molecule has 108 valence electrons. The largest absolute Gasteiger partial charge is 0.431 e. The molecule has 1 N–H and O–H groups in total. The van der Waals surface area contributed by atoms with Gasteiger partial charge in [0.25, 0.3) is 0 Å². The summed E-state index contributed by atoms with van der Waals surface area (Å²) in [6.45, 7) is 0. The smallest absolute Gasteiger partial charge is 0.351 e. The molecule has 0 aliphatic heterocycles. The van der Waals surface area contributed by atoms with E-state index in [-0.39, 0.29) is 16.7 Å². The zero-order chi connectivity index (χ0) is 15.1. The summed E-state index contributed by atoms with van der Waals surface area (Å²) in [5.74, 6) is 0. The monoisotopic (exact) mass is 313 g/mol. The molecule has 0 saturated heterocycles. The highest BCUT2D eigenvalue weighted by atomic mass is 35.5. The normalized spacial score (nSPS) is 12.8. The maximum Gasteiger partial charge on any atom is 0.431 e. The molecule has 8 heteroatoms. The minimum absolute atomic E-state index is 0.0303. The number of rotatable bonds is 1. The molecule has 1 heterocycles. The molecule has 0 aliphatic carbocycles. The van der Waals surface area contributed by atoms with Gasteiger partial charge in [-0.3, -0.25) is 0 Å². The Balaban J connectivity index is 2.62. The van der Waals surface area contributed by atoms with Crippen LogP contribution in [0.3, 0.4) is 0 Å². The molecule has 1 aromatic heterocycles. The number of aromatic nitrogens is 1. The molecule has 20 heavy (non-hydrogen) atoms. The first kappa shape index (κ1) is 14.8. The first-order valence-electron chi connectivity index (χ1n) is 5.22. The molecule has 0 radical (unpaired) electrons. The number of hydrogen-bond donors (Lipinski definition) is 1. The summed E-state index contributed by atoms with van der Waals surface area (Å²) in [6.07, 6.45) is -9.78. The average Bonchev–Trinajstić information content (AvgIpc) is 2.74. The predicted octanol–water partition coefficient (Wildman–Crippen LogP) is 5.37. The molecule has 0 amide bonds. The van der Waals surface area contributed by atoms with Crippen LogP contribution in [0, 0.1) is 0 Å². The number of hydrogen-bond acceptors (Lipinski definition) is 0. The summed E-state index contributed by atoms with van der Waals surface area (Å²) in [7, 11) is 0. The van der Waals surface area contributed by atoms with E-state index in [1.165, 1.54) is 24.3 Å². The highest BCUT2D eigenvalue weighted by molar-refractivity contribution is 6.30. The minimum atomic E-state index is -4.89. The Morgan fingerprint density at radius 3 is 1.85 bits per heavy atom. The van der Waals surface area contributed by atoms with E-state index in [9.17, 15) is 26.3 Å². The highest BCUT2D eigenvalue weighted by Gasteiger charge is 2.41. The molecule has 2 aromatic rings. The average molecular weight is 314 g/mol. The summed E-state index contributed by atoms with van der Waals surface area (Å²) in [5, 5.41) is 0.268. The fourth-order valence-corrected chi connectivity index (χ4v) is 1.80. The van der Waals surface area contributed by atoms with Crippen LogP contribution in [-0.2, 0) is 12.4 Å². The van der Waals surface area contributed by atoms with Gasteiger partial charge in [-0.2, -0.15) is 26.3 Å². The number of benzene rings is 1. The van der Waals surface area contributed by atoms with Crippen molar-refractivity contribution in [1.82, 2.24) is 4.98 Å². The molecule has 0 spiro atoms. The van der Waals surface area contributed by atoms with Crippen LogP contribution in [0.1, 0.15) is 11.3 Å². The van der Waals surface area contributed by atoms with Gasteiger partial charge in [0.15, 0.2) is 0 Å². The van der Waals surface area contributed by atoms with E-state index in [0.29, 0.717) is 0 Å². The van der Waals surface area contributed by atoms with Crippen LogP contribution in [0.15, 0.2) is 30.3 Å². The third-order valence-electron chi connectivity index (χ3n) is 2.56. The molecule has 0 fully saturated rings. The molecule has 0 aliphatic rings. The highest BCUT2D eigenvalue weighted by Crippen LogP contribution is 2.41. The van der Waals surface area contributed by atoms with Crippen LogP contribution >= 0.6 is 11.6 Å². The van der Waals surface area contributed by atoms with Gasteiger partial charge in [-0.1, -0.05) is 23.7 Å². The van der Waals surface area contributed by atoms with Gasteiger partial charge in [-0.15, -0.1) is 0 Å². The van der Waals surface area contributed by atoms with Crippen LogP contribution in [0.5, 0.6) is 0 Å². The first-order chi connectivity index (χ1) is 9.09. The minimum Gasteiger partial charge on any atom is -0.351 e. The van der Waals surface area contributed by atoms with E-state index in [0.717, 1.165) is 0 Å². The number of aromatic amines is 1. The summed E-state index contributed by atoms with van der Waals surface area (Å²) in [4.78, 5) is 1.78. The van der Waals surface area contributed by atoms with E-state index in [2.05, 4.69) is 0 Å². The molecule has 0 bridgehead atoms. The lowest BCUT2D eigenvalue weighted by Gasteiger charge is -2.07. The van der Waals surface area contributed by atoms with Gasteiger partial charge in [0.1, 0.15) is 5.69 Å². The zero-order valence-corrected chi connectivity index (χ0v) is 10.3. The third kappa shape index (κ3) is 2.92. The van der Waals surface area contributed by atoms with Crippen LogP contribution in [0.25, 0.3) is 11.3 Å². The van der Waals surface area contributed by atoms with Crippen molar-refractivity contribution in [3.8, 4) is 11.3 Å². The molecule has 2 rings (SSSR count). The van der Waals surface area contributed by atoms with Crippen LogP contribution in [-0.4, -0.2) is 4.98 Å². The SMILES string of the molecule is FC(F)(F)c1cc(C(F)(F)F)c(-c2ccc(Cl)cc2)[nH]1. The second-order valence-electron chi connectivity index (χ2n) is 3.97. The fraction of sp³-hybridized carbons (Fsp3) is 0.167. The van der Waals surface area contributed by atoms with E-state index in [1.54, 1.807) is 4.98 Å². The van der Waals surface area contributed by atoms with E-state index < -0.39 is 29.3 Å². The fourth-order valence-electron chi connectivity index (χ4n) is 1.68. The second-order valence-corrected chi connectivity index (χ2v) is 4.41. The Labute approximate surface area is 114 Å². The van der Waals surface area contributed by atoms with Crippen molar-refractivity contribution in [2.24, 2.45) is 0 Å². The lowest BCUT2D eigenvalue weighted by Crippen LogP contribution is -2.06. The molecule has 0 saturated carbocycles. The molecular weight excluding hydrogens is 308 g/mol. The lowest BCUT2D eigenvalue weighted by molar-refractivity contribution is -0.142. The van der Waals surface area contributed by atoms with E-state index >= 15 is 0 Å². The number of H-pyrrole nitrogens is 1. The van der Waals surface area contributed by atoms with Gasteiger partial charge in [0.05, 0.1) is 11.3 Å². The Morgan fingerprint density at radius 1 is 0.850 bits per heavy atom. The lowest BCUT2D eigenvalue weighted by atomic mass is 10.1. The van der Waals surface area contributed by atoms with Crippen molar-refractivity contribution < 1.29 is 26.3 Å². The van der Waals surface area contributed by atoms with Gasteiger partial charge in [0.2, 0.25) is 0 Å². The van der Waals surface area contributed by atoms with E-state index in [1.807, 2.05) is 0 Å². The number of alkyl halides is 6.